The zero-order valence-corrected chi connectivity index (χ0v) is 9.28. The molecule has 0 fully saturated rings. The number of carbonyl (C=O) groups is 1. The molecule has 0 unspecified atom stereocenters. The molecule has 86 valence electrons. The fourth-order valence-corrected chi connectivity index (χ4v) is 1.62. The number of aliphatic hydroxyl groups is 1. The summed E-state index contributed by atoms with van der Waals surface area (Å²) < 4.78 is 1.78. The third-order valence-electron chi connectivity index (χ3n) is 2.46. The molecule has 17 heavy (non-hydrogen) atoms. The molecule has 2 aromatic rings. The Morgan fingerprint density at radius 2 is 2.06 bits per heavy atom. The highest BCUT2D eigenvalue weighted by Crippen LogP contribution is 1.99. The van der Waals surface area contributed by atoms with Crippen molar-refractivity contribution in [3.63, 3.8) is 0 Å². The summed E-state index contributed by atoms with van der Waals surface area (Å²) in [5.41, 5.74) is 1.51. The first kappa shape index (κ1) is 11.4. The zero-order valence-electron chi connectivity index (χ0n) is 9.28. The van der Waals surface area contributed by atoms with Gasteiger partial charge >= 0.3 is 0 Å². The molecule has 1 aromatic carbocycles. The zero-order chi connectivity index (χ0) is 12.1. The van der Waals surface area contributed by atoms with Crippen LogP contribution in [0.2, 0.25) is 0 Å². The largest absolute Gasteiger partial charge is 0.388 e. The molecular weight excluding hydrogens is 216 g/mol. The Labute approximate surface area is 99.2 Å². The summed E-state index contributed by atoms with van der Waals surface area (Å²) in [6.07, 6.45) is 4.83. The van der Waals surface area contributed by atoms with E-state index in [9.17, 15) is 4.79 Å². The maximum absolute atomic E-state index is 11.5. The van der Waals surface area contributed by atoms with Gasteiger partial charge in [-0.1, -0.05) is 30.3 Å². The summed E-state index contributed by atoms with van der Waals surface area (Å²) in [6.45, 7) is 0.0882. The highest BCUT2D eigenvalue weighted by Gasteiger charge is 2.18. The molecule has 1 heterocycles. The summed E-state index contributed by atoms with van der Waals surface area (Å²) in [5, 5.41) is 8.89. The molecule has 0 radical (unpaired) electrons. The van der Waals surface area contributed by atoms with E-state index < -0.39 is 6.61 Å². The van der Waals surface area contributed by atoms with Crippen LogP contribution < -0.4 is 4.57 Å². The van der Waals surface area contributed by atoms with Gasteiger partial charge in [0.1, 0.15) is 12.8 Å². The van der Waals surface area contributed by atoms with Crippen LogP contribution in [0.1, 0.15) is 16.1 Å². The second kappa shape index (κ2) is 5.32. The van der Waals surface area contributed by atoms with Crippen LogP contribution in [0.4, 0.5) is 0 Å². The Kier molecular flexibility index (Phi) is 3.57. The first-order valence-corrected chi connectivity index (χ1v) is 5.32. The highest BCUT2D eigenvalue weighted by atomic mass is 16.3. The molecule has 0 aliphatic rings. The average Bonchev–Trinajstić information content (AvgIpc) is 2.40. The highest BCUT2D eigenvalue weighted by molar-refractivity contribution is 5.93. The van der Waals surface area contributed by atoms with Crippen molar-refractivity contribution < 1.29 is 14.5 Å². The fraction of sp³-hybridized carbons (Fsp3) is 0.154. The second-order valence-electron chi connectivity index (χ2n) is 3.66. The lowest BCUT2D eigenvalue weighted by Crippen LogP contribution is -2.41. The maximum Gasteiger partial charge on any atom is 0.269 e. The predicted molar refractivity (Wildman–Crippen MR) is 61.4 cm³/mol. The van der Waals surface area contributed by atoms with E-state index in [0.29, 0.717) is 12.2 Å². The molecule has 4 nitrogen and oxygen atoms in total. The van der Waals surface area contributed by atoms with E-state index in [4.69, 9.17) is 5.11 Å². The number of hydrogen-bond donors (Lipinski definition) is 1. The Balaban J connectivity index is 2.30. The third-order valence-corrected chi connectivity index (χ3v) is 2.46. The molecule has 0 spiro atoms. The number of benzene rings is 1. The molecule has 1 N–H and O–H groups in total. The van der Waals surface area contributed by atoms with Gasteiger partial charge in [0.15, 0.2) is 12.7 Å². The van der Waals surface area contributed by atoms with E-state index >= 15 is 0 Å². The fourth-order valence-electron chi connectivity index (χ4n) is 1.62. The summed E-state index contributed by atoms with van der Waals surface area (Å²) in [5.74, 6) is -0.325. The molecule has 0 saturated carbocycles. The second-order valence-corrected chi connectivity index (χ2v) is 3.66. The Morgan fingerprint density at radius 3 is 2.76 bits per heavy atom. The van der Waals surface area contributed by atoms with Crippen LogP contribution in [0.15, 0.2) is 48.9 Å². The van der Waals surface area contributed by atoms with Crippen molar-refractivity contribution in [2.75, 3.05) is 6.61 Å². The summed E-state index contributed by atoms with van der Waals surface area (Å²) in [7, 11) is 0. The van der Waals surface area contributed by atoms with Crippen molar-refractivity contribution in [1.82, 2.24) is 4.98 Å². The third kappa shape index (κ3) is 2.73. The molecule has 0 amide bonds. The number of aromatic nitrogens is 2. The van der Waals surface area contributed by atoms with Gasteiger partial charge in [0.05, 0.1) is 6.20 Å². The van der Waals surface area contributed by atoms with Crippen LogP contribution in [0.25, 0.3) is 0 Å². The number of rotatable bonds is 4. The van der Waals surface area contributed by atoms with Gasteiger partial charge in [-0.3, -0.25) is 9.78 Å². The lowest BCUT2D eigenvalue weighted by atomic mass is 10.2. The molecular formula is C13H13N2O2+. The molecule has 0 atom stereocenters. The van der Waals surface area contributed by atoms with Crippen LogP contribution in [0.3, 0.4) is 0 Å². The molecule has 0 aliphatic heterocycles. The minimum absolute atomic E-state index is 0.325. The first-order valence-electron chi connectivity index (χ1n) is 5.32. The van der Waals surface area contributed by atoms with Crippen LogP contribution in [-0.2, 0) is 6.54 Å². The molecule has 4 heteroatoms. The lowest BCUT2D eigenvalue weighted by Gasteiger charge is -2.01. The van der Waals surface area contributed by atoms with Gasteiger partial charge in [0.25, 0.3) is 11.5 Å². The smallest absolute Gasteiger partial charge is 0.269 e. The topological polar surface area (TPSA) is 54.1 Å². The van der Waals surface area contributed by atoms with E-state index in [1.165, 1.54) is 6.20 Å². The molecule has 0 bridgehead atoms. The molecule has 0 saturated heterocycles. The lowest BCUT2D eigenvalue weighted by molar-refractivity contribution is -0.690. The van der Waals surface area contributed by atoms with Gasteiger partial charge < -0.3 is 5.11 Å². The van der Waals surface area contributed by atoms with Gasteiger partial charge in [-0.2, -0.15) is 4.57 Å². The van der Waals surface area contributed by atoms with E-state index in [0.717, 1.165) is 5.56 Å². The first-order chi connectivity index (χ1) is 8.31. The van der Waals surface area contributed by atoms with Gasteiger partial charge in [-0.15, -0.1) is 0 Å². The van der Waals surface area contributed by atoms with E-state index in [2.05, 4.69) is 4.98 Å². The predicted octanol–water partition coefficient (Wildman–Crippen LogP) is 0.592. The number of Topliss-reactive ketones (excluding diaryl/α,β-unsaturated/α-hetero) is 1. The van der Waals surface area contributed by atoms with Crippen molar-refractivity contribution in [3.05, 3.63) is 60.2 Å². The Morgan fingerprint density at radius 1 is 1.29 bits per heavy atom. The quantitative estimate of drug-likeness (QED) is 0.616. The maximum atomic E-state index is 11.5. The van der Waals surface area contributed by atoms with Gasteiger partial charge in [0, 0.05) is 5.56 Å². The van der Waals surface area contributed by atoms with Crippen molar-refractivity contribution in [2.45, 2.75) is 6.54 Å². The SMILES string of the molecule is O=C(CO)c1cncc[n+]1Cc1ccccc1. The average molecular weight is 229 g/mol. The van der Waals surface area contributed by atoms with Crippen molar-refractivity contribution >= 4 is 5.78 Å². The van der Waals surface area contributed by atoms with E-state index in [-0.39, 0.29) is 5.78 Å². The van der Waals surface area contributed by atoms with Crippen LogP contribution in [0, 0.1) is 0 Å². The number of hydrogen-bond acceptors (Lipinski definition) is 3. The Hall–Kier alpha value is -2.07. The number of carbonyl (C=O) groups excluding carboxylic acids is 1. The van der Waals surface area contributed by atoms with Gasteiger partial charge in [0.2, 0.25) is 0 Å². The van der Waals surface area contributed by atoms with Crippen LogP contribution in [0.5, 0.6) is 0 Å². The summed E-state index contributed by atoms with van der Waals surface area (Å²) >= 11 is 0. The monoisotopic (exact) mass is 229 g/mol. The number of nitrogens with zero attached hydrogens (tertiary/aromatic N) is 2. The Bertz CT molecular complexity index is 512. The molecule has 0 aliphatic carbocycles. The number of aliphatic hydroxyl groups excluding tert-OH is 1. The van der Waals surface area contributed by atoms with Crippen LogP contribution in [-0.4, -0.2) is 22.5 Å². The standard InChI is InChI=1S/C13H13N2O2/c16-10-13(17)12-8-14-6-7-15(12)9-11-4-2-1-3-5-11/h1-8,16H,9-10H2/q+1. The van der Waals surface area contributed by atoms with Gasteiger partial charge in [-0.05, 0) is 0 Å². The minimum Gasteiger partial charge on any atom is -0.388 e. The van der Waals surface area contributed by atoms with Crippen molar-refractivity contribution in [1.29, 1.82) is 0 Å². The molecule has 2 rings (SSSR count). The summed E-state index contributed by atoms with van der Waals surface area (Å²) in [4.78, 5) is 15.4. The van der Waals surface area contributed by atoms with E-state index in [1.54, 1.807) is 17.0 Å². The number of ketones is 1. The van der Waals surface area contributed by atoms with E-state index in [1.807, 2.05) is 30.3 Å². The van der Waals surface area contributed by atoms with Gasteiger partial charge in [-0.25, -0.2) is 0 Å². The van der Waals surface area contributed by atoms with Crippen LogP contribution >= 0.6 is 0 Å². The minimum atomic E-state index is -0.500. The summed E-state index contributed by atoms with van der Waals surface area (Å²) in [6, 6.07) is 9.82. The molecule has 1 aromatic heterocycles. The van der Waals surface area contributed by atoms with Crippen molar-refractivity contribution in [3.8, 4) is 0 Å². The van der Waals surface area contributed by atoms with Crippen molar-refractivity contribution in [2.24, 2.45) is 0 Å². The normalized spacial score (nSPS) is 10.2.